The van der Waals surface area contributed by atoms with Gasteiger partial charge in [-0.1, -0.05) is 19.1 Å². The van der Waals surface area contributed by atoms with E-state index in [0.29, 0.717) is 5.56 Å². The number of nitrogens with one attached hydrogen (secondary N) is 1. The van der Waals surface area contributed by atoms with E-state index in [4.69, 9.17) is 0 Å². The molecule has 2 aromatic rings. The number of aliphatic hydroxyl groups excluding tert-OH is 1. The van der Waals surface area contributed by atoms with Crippen molar-refractivity contribution in [2.75, 3.05) is 6.54 Å². The number of benzene rings is 1. The molecular weight excluding hydrogens is 282 g/mol. The Balaban J connectivity index is 1.98. The summed E-state index contributed by atoms with van der Waals surface area (Å²) in [6.45, 7) is 2.80. The van der Waals surface area contributed by atoms with Crippen molar-refractivity contribution in [3.63, 3.8) is 0 Å². The standard InChI is InChI=1S/C17H19NO2S/c1-2-11-7-9-21-16(11)15(19)13-6-5-12-4-3-8-18-17(20)14(12)10-13/h5-7,9-10,15,19H,2-4,8H2,1H3,(H,18,20). The minimum atomic E-state index is -0.652. The molecule has 0 bridgehead atoms. The van der Waals surface area contributed by atoms with Gasteiger partial charge in [0.25, 0.3) is 5.91 Å². The fraction of sp³-hybridized carbons (Fsp3) is 0.353. The van der Waals surface area contributed by atoms with E-state index in [-0.39, 0.29) is 5.91 Å². The maximum Gasteiger partial charge on any atom is 0.251 e. The number of fused-ring (bicyclic) bond motifs is 1. The first-order chi connectivity index (χ1) is 10.2. The summed E-state index contributed by atoms with van der Waals surface area (Å²) in [7, 11) is 0. The van der Waals surface area contributed by atoms with E-state index in [1.54, 1.807) is 11.3 Å². The molecule has 4 heteroatoms. The Labute approximate surface area is 128 Å². The normalized spacial score (nSPS) is 16.0. The highest BCUT2D eigenvalue weighted by Gasteiger charge is 2.20. The fourth-order valence-electron chi connectivity index (χ4n) is 2.80. The second-order valence-electron chi connectivity index (χ2n) is 5.34. The molecule has 0 saturated heterocycles. The minimum absolute atomic E-state index is 0.0292. The van der Waals surface area contributed by atoms with Crippen molar-refractivity contribution in [3.8, 4) is 0 Å². The highest BCUT2D eigenvalue weighted by Crippen LogP contribution is 2.31. The number of hydrogen-bond donors (Lipinski definition) is 2. The van der Waals surface area contributed by atoms with Crippen LogP contribution in [0.5, 0.6) is 0 Å². The molecule has 1 aliphatic rings. The smallest absolute Gasteiger partial charge is 0.251 e. The van der Waals surface area contributed by atoms with E-state index >= 15 is 0 Å². The van der Waals surface area contributed by atoms with E-state index in [9.17, 15) is 9.90 Å². The summed E-state index contributed by atoms with van der Waals surface area (Å²) >= 11 is 1.57. The molecule has 2 heterocycles. The van der Waals surface area contributed by atoms with Gasteiger partial charge in [0.1, 0.15) is 6.10 Å². The maximum absolute atomic E-state index is 12.1. The summed E-state index contributed by atoms with van der Waals surface area (Å²) in [6, 6.07) is 7.83. The van der Waals surface area contributed by atoms with Gasteiger partial charge in [-0.2, -0.15) is 0 Å². The van der Waals surface area contributed by atoms with Crippen molar-refractivity contribution < 1.29 is 9.90 Å². The number of hydrogen-bond acceptors (Lipinski definition) is 3. The van der Waals surface area contributed by atoms with E-state index in [1.807, 2.05) is 23.6 Å². The van der Waals surface area contributed by atoms with E-state index < -0.39 is 6.10 Å². The lowest BCUT2D eigenvalue weighted by atomic mass is 9.97. The van der Waals surface area contributed by atoms with Crippen LogP contribution >= 0.6 is 11.3 Å². The van der Waals surface area contributed by atoms with E-state index in [2.05, 4.69) is 18.3 Å². The van der Waals surface area contributed by atoms with Crippen LogP contribution in [0, 0.1) is 0 Å². The lowest BCUT2D eigenvalue weighted by Gasteiger charge is -2.14. The summed E-state index contributed by atoms with van der Waals surface area (Å²) in [5.74, 6) is -0.0292. The summed E-state index contributed by atoms with van der Waals surface area (Å²) in [4.78, 5) is 13.1. The first-order valence-corrected chi connectivity index (χ1v) is 8.24. The first-order valence-electron chi connectivity index (χ1n) is 7.36. The second kappa shape index (κ2) is 6.00. The molecule has 0 saturated carbocycles. The van der Waals surface area contributed by atoms with Gasteiger partial charge in [0, 0.05) is 17.0 Å². The summed E-state index contributed by atoms with van der Waals surface area (Å²) in [5, 5.41) is 15.5. The number of carbonyl (C=O) groups is 1. The lowest BCUT2D eigenvalue weighted by Crippen LogP contribution is -2.22. The molecule has 0 fully saturated rings. The molecule has 1 aromatic carbocycles. The molecule has 0 radical (unpaired) electrons. The summed E-state index contributed by atoms with van der Waals surface area (Å²) in [5.41, 5.74) is 3.75. The maximum atomic E-state index is 12.1. The second-order valence-corrected chi connectivity index (χ2v) is 6.29. The molecule has 0 aliphatic carbocycles. The van der Waals surface area contributed by atoms with Gasteiger partial charge >= 0.3 is 0 Å². The van der Waals surface area contributed by atoms with Gasteiger partial charge < -0.3 is 10.4 Å². The number of thiophene rings is 1. The zero-order chi connectivity index (χ0) is 14.8. The molecular formula is C17H19NO2S. The van der Waals surface area contributed by atoms with Crippen molar-refractivity contribution in [1.82, 2.24) is 5.32 Å². The largest absolute Gasteiger partial charge is 0.383 e. The molecule has 1 atom stereocenters. The minimum Gasteiger partial charge on any atom is -0.383 e. The van der Waals surface area contributed by atoms with Crippen molar-refractivity contribution in [1.29, 1.82) is 0 Å². The van der Waals surface area contributed by atoms with Gasteiger partial charge in [-0.15, -0.1) is 11.3 Å². The molecule has 3 rings (SSSR count). The van der Waals surface area contributed by atoms with Crippen molar-refractivity contribution in [3.05, 3.63) is 56.8 Å². The van der Waals surface area contributed by atoms with E-state index in [0.717, 1.165) is 41.8 Å². The number of carbonyl (C=O) groups excluding carboxylic acids is 1. The lowest BCUT2D eigenvalue weighted by molar-refractivity contribution is 0.0956. The zero-order valence-corrected chi connectivity index (χ0v) is 12.9. The molecule has 1 aliphatic heterocycles. The topological polar surface area (TPSA) is 49.3 Å². The summed E-state index contributed by atoms with van der Waals surface area (Å²) in [6.07, 6.45) is 2.12. The average molecular weight is 301 g/mol. The molecule has 21 heavy (non-hydrogen) atoms. The number of aliphatic hydroxyl groups is 1. The van der Waals surface area contributed by atoms with Crippen LogP contribution in [-0.4, -0.2) is 17.6 Å². The third-order valence-corrected chi connectivity index (χ3v) is 5.02. The average Bonchev–Trinajstić information content (AvgIpc) is 2.91. The van der Waals surface area contributed by atoms with Crippen LogP contribution in [0.1, 0.15) is 51.4 Å². The Kier molecular flexibility index (Phi) is 4.08. The molecule has 3 nitrogen and oxygen atoms in total. The first kappa shape index (κ1) is 14.3. The quantitative estimate of drug-likeness (QED) is 0.915. The Morgan fingerprint density at radius 3 is 3.05 bits per heavy atom. The molecule has 1 unspecified atom stereocenters. The van der Waals surface area contributed by atoms with Crippen molar-refractivity contribution in [2.45, 2.75) is 32.3 Å². The van der Waals surface area contributed by atoms with Crippen LogP contribution in [0.15, 0.2) is 29.6 Å². The van der Waals surface area contributed by atoms with Crippen LogP contribution < -0.4 is 5.32 Å². The monoisotopic (exact) mass is 301 g/mol. The molecule has 1 aromatic heterocycles. The number of amides is 1. The third-order valence-electron chi connectivity index (χ3n) is 4.01. The van der Waals surface area contributed by atoms with Gasteiger partial charge in [0.05, 0.1) is 0 Å². The van der Waals surface area contributed by atoms with Crippen LogP contribution in [0.2, 0.25) is 0 Å². The highest BCUT2D eigenvalue weighted by atomic mass is 32.1. The highest BCUT2D eigenvalue weighted by molar-refractivity contribution is 7.10. The Morgan fingerprint density at radius 2 is 2.24 bits per heavy atom. The molecule has 2 N–H and O–H groups in total. The molecule has 1 amide bonds. The Hall–Kier alpha value is -1.65. The third kappa shape index (κ3) is 2.74. The predicted molar refractivity (Wildman–Crippen MR) is 84.9 cm³/mol. The predicted octanol–water partition coefficient (Wildman–Crippen LogP) is 3.07. The van der Waals surface area contributed by atoms with Crippen LogP contribution in [0.4, 0.5) is 0 Å². The van der Waals surface area contributed by atoms with Gasteiger partial charge in [-0.25, -0.2) is 0 Å². The van der Waals surface area contributed by atoms with Gasteiger partial charge in [0.2, 0.25) is 0 Å². The zero-order valence-electron chi connectivity index (χ0n) is 12.1. The van der Waals surface area contributed by atoms with Crippen LogP contribution in [0.3, 0.4) is 0 Å². The van der Waals surface area contributed by atoms with Crippen molar-refractivity contribution in [2.24, 2.45) is 0 Å². The SMILES string of the molecule is CCc1ccsc1C(O)c1ccc2c(c1)C(=O)NCCC2. The molecule has 0 spiro atoms. The fourth-order valence-corrected chi connectivity index (χ4v) is 3.81. The van der Waals surface area contributed by atoms with E-state index in [1.165, 1.54) is 5.56 Å². The number of rotatable bonds is 3. The van der Waals surface area contributed by atoms with Crippen LogP contribution in [0.25, 0.3) is 0 Å². The van der Waals surface area contributed by atoms with Gasteiger partial charge in [-0.05, 0) is 53.5 Å². The number of aryl methyl sites for hydroxylation is 2. The Bertz CT molecular complexity index is 663. The van der Waals surface area contributed by atoms with Gasteiger partial charge in [0.15, 0.2) is 0 Å². The molecule has 110 valence electrons. The Morgan fingerprint density at radius 1 is 1.38 bits per heavy atom. The van der Waals surface area contributed by atoms with Crippen molar-refractivity contribution >= 4 is 17.2 Å². The van der Waals surface area contributed by atoms with Crippen LogP contribution in [-0.2, 0) is 12.8 Å². The summed E-state index contributed by atoms with van der Waals surface area (Å²) < 4.78 is 0. The van der Waals surface area contributed by atoms with Gasteiger partial charge in [-0.3, -0.25) is 4.79 Å².